The lowest BCUT2D eigenvalue weighted by Gasteiger charge is -2.17. The van der Waals surface area contributed by atoms with Gasteiger partial charge in [0.1, 0.15) is 12.3 Å². The van der Waals surface area contributed by atoms with E-state index in [0.717, 1.165) is 16.7 Å². The van der Waals surface area contributed by atoms with Gasteiger partial charge < -0.3 is 9.84 Å². The Morgan fingerprint density at radius 3 is 2.41 bits per heavy atom. The predicted octanol–water partition coefficient (Wildman–Crippen LogP) is 2.90. The van der Waals surface area contributed by atoms with E-state index in [1.807, 2.05) is 0 Å². The first-order chi connectivity index (χ1) is 13.9. The van der Waals surface area contributed by atoms with Crippen molar-refractivity contribution in [2.45, 2.75) is 0 Å². The van der Waals surface area contributed by atoms with Gasteiger partial charge in [-0.15, -0.1) is 0 Å². The number of carboxylic acids is 1. The van der Waals surface area contributed by atoms with Gasteiger partial charge in [-0.1, -0.05) is 54.3 Å². The molecule has 2 heterocycles. The lowest BCUT2D eigenvalue weighted by atomic mass is 10.1. The van der Waals surface area contributed by atoms with Gasteiger partial charge in [0, 0.05) is 5.56 Å². The Labute approximate surface area is 175 Å². The molecule has 2 aromatic rings. The quantitative estimate of drug-likeness (QED) is 0.594. The van der Waals surface area contributed by atoms with Crippen LogP contribution in [0.15, 0.2) is 53.4 Å². The average molecular weight is 426 g/mol. The molecule has 4 rings (SSSR count). The summed E-state index contributed by atoms with van der Waals surface area (Å²) in [4.78, 5) is 40.2. The number of benzene rings is 2. The van der Waals surface area contributed by atoms with Crippen molar-refractivity contribution in [3.8, 4) is 5.75 Å². The second-order valence-electron chi connectivity index (χ2n) is 6.19. The zero-order chi connectivity index (χ0) is 20.7. The van der Waals surface area contributed by atoms with E-state index in [0.29, 0.717) is 22.7 Å². The SMILES string of the molecule is COc1ccccc1N1C(=O)C(=C2C(=O)N(CC(=O)O)c3ccccc32)SC1=S. The minimum absolute atomic E-state index is 0.164. The first kappa shape index (κ1) is 19.2. The van der Waals surface area contributed by atoms with E-state index in [9.17, 15) is 19.5 Å². The van der Waals surface area contributed by atoms with Crippen LogP contribution in [0.3, 0.4) is 0 Å². The number of ether oxygens (including phenoxy) is 1. The van der Waals surface area contributed by atoms with Crippen LogP contribution < -0.4 is 14.5 Å². The maximum atomic E-state index is 13.3. The highest BCUT2D eigenvalue weighted by Gasteiger charge is 2.43. The summed E-state index contributed by atoms with van der Waals surface area (Å²) in [5.74, 6) is -1.65. The molecule has 0 unspecified atom stereocenters. The number of amides is 2. The number of nitrogens with zero attached hydrogens (tertiary/aromatic N) is 2. The van der Waals surface area contributed by atoms with Gasteiger partial charge in [0.05, 0.1) is 29.0 Å². The Balaban J connectivity index is 1.84. The Morgan fingerprint density at radius 1 is 1.07 bits per heavy atom. The molecular weight excluding hydrogens is 412 g/mol. The summed E-state index contributed by atoms with van der Waals surface area (Å²) in [5.41, 5.74) is 1.61. The number of fused-ring (bicyclic) bond motifs is 1. The summed E-state index contributed by atoms with van der Waals surface area (Å²) in [7, 11) is 1.50. The number of anilines is 2. The number of carboxylic acid groups (broad SMARTS) is 1. The summed E-state index contributed by atoms with van der Waals surface area (Å²) in [5, 5.41) is 9.19. The van der Waals surface area contributed by atoms with Crippen molar-refractivity contribution >= 4 is 63.0 Å². The summed E-state index contributed by atoms with van der Waals surface area (Å²) >= 11 is 6.43. The van der Waals surface area contributed by atoms with Gasteiger partial charge in [-0.05, 0) is 18.2 Å². The van der Waals surface area contributed by atoms with Gasteiger partial charge in [0.2, 0.25) is 0 Å². The van der Waals surface area contributed by atoms with Crippen molar-refractivity contribution in [2.75, 3.05) is 23.5 Å². The number of thioether (sulfide) groups is 1. The minimum atomic E-state index is -1.14. The van der Waals surface area contributed by atoms with E-state index in [2.05, 4.69) is 0 Å². The van der Waals surface area contributed by atoms with Gasteiger partial charge >= 0.3 is 5.97 Å². The van der Waals surface area contributed by atoms with E-state index < -0.39 is 24.3 Å². The van der Waals surface area contributed by atoms with Gasteiger partial charge in [0.15, 0.2) is 4.32 Å². The first-order valence-corrected chi connectivity index (χ1v) is 9.73. The first-order valence-electron chi connectivity index (χ1n) is 8.50. The molecular formula is C20H14N2O5S2. The number of methoxy groups -OCH3 is 1. The van der Waals surface area contributed by atoms with Crippen molar-refractivity contribution in [2.24, 2.45) is 0 Å². The fourth-order valence-electron chi connectivity index (χ4n) is 3.33. The zero-order valence-corrected chi connectivity index (χ0v) is 16.8. The molecule has 0 aromatic heterocycles. The second-order valence-corrected chi connectivity index (χ2v) is 7.83. The largest absolute Gasteiger partial charge is 0.495 e. The van der Waals surface area contributed by atoms with Gasteiger partial charge in [-0.3, -0.25) is 24.2 Å². The summed E-state index contributed by atoms with van der Waals surface area (Å²) in [6, 6.07) is 13.8. The molecule has 1 saturated heterocycles. The molecule has 2 aliphatic heterocycles. The predicted molar refractivity (Wildman–Crippen MR) is 114 cm³/mol. The van der Waals surface area contributed by atoms with Crippen molar-refractivity contribution < 1.29 is 24.2 Å². The van der Waals surface area contributed by atoms with Crippen molar-refractivity contribution in [1.82, 2.24) is 0 Å². The Morgan fingerprint density at radius 2 is 1.72 bits per heavy atom. The molecule has 0 atom stereocenters. The van der Waals surface area contributed by atoms with Crippen LogP contribution in [0, 0.1) is 0 Å². The molecule has 0 aliphatic carbocycles. The van der Waals surface area contributed by atoms with Crippen LogP contribution in [0.2, 0.25) is 0 Å². The standard InChI is InChI=1S/C20H14N2O5S2/c1-27-14-9-5-4-8-13(14)22-19(26)17(29-20(22)28)16-11-6-2-3-7-12(11)21(18(16)25)10-15(23)24/h2-9H,10H2,1H3,(H,23,24). The minimum Gasteiger partial charge on any atom is -0.495 e. The Bertz CT molecular complexity index is 1110. The third kappa shape index (κ3) is 3.08. The van der Waals surface area contributed by atoms with Crippen LogP contribution in [-0.2, 0) is 14.4 Å². The highest BCUT2D eigenvalue weighted by atomic mass is 32.2. The van der Waals surface area contributed by atoms with Crippen molar-refractivity contribution in [3.63, 3.8) is 0 Å². The molecule has 2 aromatic carbocycles. The van der Waals surface area contributed by atoms with E-state index in [-0.39, 0.29) is 14.8 Å². The highest BCUT2D eigenvalue weighted by molar-refractivity contribution is 8.27. The van der Waals surface area contributed by atoms with Crippen LogP contribution in [0.5, 0.6) is 5.75 Å². The molecule has 2 amide bonds. The molecule has 2 aliphatic rings. The second kappa shape index (κ2) is 7.34. The van der Waals surface area contributed by atoms with E-state index >= 15 is 0 Å². The maximum absolute atomic E-state index is 13.3. The van der Waals surface area contributed by atoms with Crippen molar-refractivity contribution in [1.29, 1.82) is 0 Å². The molecule has 1 N–H and O–H groups in total. The number of para-hydroxylation sites is 3. The lowest BCUT2D eigenvalue weighted by molar-refractivity contribution is -0.136. The van der Waals surface area contributed by atoms with Gasteiger partial charge in [-0.25, -0.2) is 0 Å². The topological polar surface area (TPSA) is 87.2 Å². The molecule has 1 fully saturated rings. The van der Waals surface area contributed by atoms with E-state index in [1.54, 1.807) is 48.5 Å². The molecule has 29 heavy (non-hydrogen) atoms. The fourth-order valence-corrected chi connectivity index (χ4v) is 4.69. The number of aliphatic carboxylic acids is 1. The summed E-state index contributed by atoms with van der Waals surface area (Å²) in [6.07, 6.45) is 0. The van der Waals surface area contributed by atoms with E-state index in [4.69, 9.17) is 17.0 Å². The van der Waals surface area contributed by atoms with E-state index in [1.165, 1.54) is 12.0 Å². The number of hydrogen-bond acceptors (Lipinski definition) is 6. The molecule has 0 spiro atoms. The number of carbonyl (C=O) groups is 3. The van der Waals surface area contributed by atoms with Crippen LogP contribution in [0.25, 0.3) is 5.57 Å². The number of rotatable bonds is 4. The summed E-state index contributed by atoms with van der Waals surface area (Å²) in [6.45, 7) is -0.494. The normalized spacial score (nSPS) is 18.4. The number of carbonyl (C=O) groups excluding carboxylic acids is 2. The molecule has 0 radical (unpaired) electrons. The molecule has 9 heteroatoms. The zero-order valence-electron chi connectivity index (χ0n) is 15.1. The highest BCUT2D eigenvalue weighted by Crippen LogP contribution is 2.46. The van der Waals surface area contributed by atoms with Crippen LogP contribution >= 0.6 is 24.0 Å². The van der Waals surface area contributed by atoms with Gasteiger partial charge in [0.25, 0.3) is 11.8 Å². The maximum Gasteiger partial charge on any atom is 0.323 e. The smallest absolute Gasteiger partial charge is 0.323 e. The number of hydrogen-bond donors (Lipinski definition) is 1. The molecule has 146 valence electrons. The third-order valence-electron chi connectivity index (χ3n) is 4.54. The number of thiocarbonyl (C=S) groups is 1. The van der Waals surface area contributed by atoms with Crippen molar-refractivity contribution in [3.05, 3.63) is 59.0 Å². The van der Waals surface area contributed by atoms with Crippen LogP contribution in [0.1, 0.15) is 5.56 Å². The summed E-state index contributed by atoms with van der Waals surface area (Å²) < 4.78 is 5.60. The fraction of sp³-hybridized carbons (Fsp3) is 0.100. The lowest BCUT2D eigenvalue weighted by Crippen LogP contribution is -2.33. The Hall–Kier alpha value is -3.17. The van der Waals surface area contributed by atoms with Gasteiger partial charge in [-0.2, -0.15) is 0 Å². The molecule has 7 nitrogen and oxygen atoms in total. The monoisotopic (exact) mass is 426 g/mol. The Kier molecular flexibility index (Phi) is 4.85. The molecule has 0 saturated carbocycles. The average Bonchev–Trinajstić information content (AvgIpc) is 3.14. The third-order valence-corrected chi connectivity index (χ3v) is 5.91. The molecule has 0 bridgehead atoms. The van der Waals surface area contributed by atoms with Crippen LogP contribution in [-0.4, -0.2) is 40.9 Å². The van der Waals surface area contributed by atoms with Crippen LogP contribution in [0.4, 0.5) is 11.4 Å².